The second-order valence-corrected chi connectivity index (χ2v) is 6.60. The number of methoxy groups -OCH3 is 1. The average molecular weight is 316 g/mol. The van der Waals surface area contributed by atoms with Crippen LogP contribution in [0.1, 0.15) is 29.2 Å². The second-order valence-electron chi connectivity index (χ2n) is 3.84. The molecule has 0 spiro atoms. The molecule has 7 nitrogen and oxygen atoms in total. The molecule has 0 saturated carbocycles. The molecule has 0 aromatic carbocycles. The van der Waals surface area contributed by atoms with Gasteiger partial charge in [0.25, 0.3) is 10.0 Å². The monoisotopic (exact) mass is 316 g/mol. The lowest BCUT2D eigenvalue weighted by atomic mass is 10.3. The first kappa shape index (κ1) is 14.7. The van der Waals surface area contributed by atoms with Crippen LogP contribution in [0.25, 0.3) is 0 Å². The van der Waals surface area contributed by atoms with Gasteiger partial charge in [-0.05, 0) is 19.1 Å². The number of thiazole rings is 1. The van der Waals surface area contributed by atoms with Crippen molar-refractivity contribution < 1.29 is 22.4 Å². The maximum atomic E-state index is 12.2. The zero-order chi connectivity index (χ0) is 14.8. The van der Waals surface area contributed by atoms with Crippen molar-refractivity contribution in [3.63, 3.8) is 0 Å². The summed E-state index contributed by atoms with van der Waals surface area (Å²) in [5.41, 5.74) is 1.05. The fourth-order valence-electron chi connectivity index (χ4n) is 1.54. The molecular weight excluding hydrogens is 304 g/mol. The topological polar surface area (TPSA) is 98.5 Å². The predicted octanol–water partition coefficient (Wildman–Crippen LogP) is 1.56. The molecule has 2 aromatic heterocycles. The number of hydrogen-bond acceptors (Lipinski definition) is 7. The van der Waals surface area contributed by atoms with Crippen LogP contribution in [-0.4, -0.2) is 26.5 Å². The van der Waals surface area contributed by atoms with Gasteiger partial charge in [0.1, 0.15) is 5.76 Å². The molecule has 1 N–H and O–H groups in total. The van der Waals surface area contributed by atoms with Gasteiger partial charge in [0.2, 0.25) is 0 Å². The number of nitrogens with zero attached hydrogens (tertiary/aromatic N) is 1. The molecule has 0 saturated heterocycles. The molecule has 1 unspecified atom stereocenters. The molecule has 0 aliphatic rings. The SMILES string of the molecule is COC(=O)c1ncsc1S(=O)(=O)NC(C)c1ccco1. The van der Waals surface area contributed by atoms with Crippen LogP contribution in [0, 0.1) is 0 Å². The number of nitrogens with one attached hydrogen (secondary N) is 1. The minimum absolute atomic E-state index is 0.178. The number of ether oxygens (including phenoxy) is 1. The first-order chi connectivity index (χ1) is 9.45. The summed E-state index contributed by atoms with van der Waals surface area (Å²) in [4.78, 5) is 15.2. The highest BCUT2D eigenvalue weighted by molar-refractivity contribution is 7.91. The number of furan rings is 1. The largest absolute Gasteiger partial charge is 0.468 e. The number of carbonyl (C=O) groups is 1. The summed E-state index contributed by atoms with van der Waals surface area (Å²) in [7, 11) is -2.72. The second kappa shape index (κ2) is 5.73. The van der Waals surface area contributed by atoms with Crippen molar-refractivity contribution in [1.29, 1.82) is 0 Å². The lowest BCUT2D eigenvalue weighted by molar-refractivity contribution is 0.0590. The van der Waals surface area contributed by atoms with Crippen LogP contribution in [0.3, 0.4) is 0 Å². The Morgan fingerprint density at radius 2 is 2.30 bits per heavy atom. The van der Waals surface area contributed by atoms with Crippen molar-refractivity contribution in [2.24, 2.45) is 0 Å². The molecule has 2 rings (SSSR count). The van der Waals surface area contributed by atoms with Gasteiger partial charge in [0.05, 0.1) is 24.9 Å². The van der Waals surface area contributed by atoms with Gasteiger partial charge < -0.3 is 9.15 Å². The zero-order valence-electron chi connectivity index (χ0n) is 10.7. The molecule has 0 aliphatic heterocycles. The number of sulfonamides is 1. The predicted molar refractivity (Wildman–Crippen MR) is 70.9 cm³/mol. The number of carbonyl (C=O) groups excluding carboxylic acids is 1. The fourth-order valence-corrected chi connectivity index (χ4v) is 3.90. The number of rotatable bonds is 5. The maximum Gasteiger partial charge on any atom is 0.358 e. The lowest BCUT2D eigenvalue weighted by Gasteiger charge is -2.11. The van der Waals surface area contributed by atoms with Gasteiger partial charge in [-0.3, -0.25) is 0 Å². The molecule has 0 aliphatic carbocycles. The first-order valence-corrected chi connectivity index (χ1v) is 7.89. The zero-order valence-corrected chi connectivity index (χ0v) is 12.3. The summed E-state index contributed by atoms with van der Waals surface area (Å²) in [6, 6.07) is 2.75. The summed E-state index contributed by atoms with van der Waals surface area (Å²) in [5, 5.41) is 0. The van der Waals surface area contributed by atoms with E-state index in [1.54, 1.807) is 19.1 Å². The third-order valence-corrected chi connectivity index (χ3v) is 5.37. The smallest absolute Gasteiger partial charge is 0.358 e. The van der Waals surface area contributed by atoms with Crippen LogP contribution in [0.15, 0.2) is 32.5 Å². The van der Waals surface area contributed by atoms with E-state index in [4.69, 9.17) is 4.42 Å². The number of esters is 1. The Kier molecular flexibility index (Phi) is 4.21. The first-order valence-electron chi connectivity index (χ1n) is 5.53. The molecule has 20 heavy (non-hydrogen) atoms. The Balaban J connectivity index is 2.27. The van der Waals surface area contributed by atoms with Crippen molar-refractivity contribution >= 4 is 27.3 Å². The highest BCUT2D eigenvalue weighted by atomic mass is 32.2. The molecule has 0 fully saturated rings. The highest BCUT2D eigenvalue weighted by Gasteiger charge is 2.28. The van der Waals surface area contributed by atoms with E-state index in [-0.39, 0.29) is 9.90 Å². The van der Waals surface area contributed by atoms with Gasteiger partial charge in [-0.25, -0.2) is 18.2 Å². The van der Waals surface area contributed by atoms with E-state index in [1.165, 1.54) is 11.8 Å². The van der Waals surface area contributed by atoms with E-state index >= 15 is 0 Å². The van der Waals surface area contributed by atoms with E-state index in [2.05, 4.69) is 14.4 Å². The Morgan fingerprint density at radius 1 is 1.55 bits per heavy atom. The Labute approximate surface area is 119 Å². The third kappa shape index (κ3) is 2.89. The van der Waals surface area contributed by atoms with E-state index in [0.717, 1.165) is 18.4 Å². The normalized spacial score (nSPS) is 13.1. The summed E-state index contributed by atoms with van der Waals surface area (Å²) in [6.45, 7) is 1.63. The summed E-state index contributed by atoms with van der Waals surface area (Å²) in [5.74, 6) is -0.324. The maximum absolute atomic E-state index is 12.2. The fraction of sp³-hybridized carbons (Fsp3) is 0.273. The number of aromatic nitrogens is 1. The van der Waals surface area contributed by atoms with Crippen LogP contribution in [0.5, 0.6) is 0 Å². The van der Waals surface area contributed by atoms with Crippen LogP contribution in [0.2, 0.25) is 0 Å². The van der Waals surface area contributed by atoms with Crippen molar-refractivity contribution in [3.8, 4) is 0 Å². The molecule has 0 radical (unpaired) electrons. The van der Waals surface area contributed by atoms with Crippen LogP contribution < -0.4 is 4.72 Å². The Bertz CT molecular complexity index is 690. The van der Waals surface area contributed by atoms with Crippen LogP contribution in [0.4, 0.5) is 0 Å². The number of hydrogen-bond donors (Lipinski definition) is 1. The molecular formula is C11H12N2O5S2. The molecule has 108 valence electrons. The summed E-state index contributed by atoms with van der Waals surface area (Å²) in [6.07, 6.45) is 1.45. The standard InChI is InChI=1S/C11H12N2O5S2/c1-7(8-4-3-5-18-8)13-20(15,16)11-9(10(14)17-2)12-6-19-11/h3-7,13H,1-2H3. The quantitative estimate of drug-likeness (QED) is 0.841. The van der Waals surface area contributed by atoms with Gasteiger partial charge in [-0.1, -0.05) is 0 Å². The Morgan fingerprint density at radius 3 is 2.90 bits per heavy atom. The minimum Gasteiger partial charge on any atom is -0.468 e. The van der Waals surface area contributed by atoms with E-state index in [0.29, 0.717) is 5.76 Å². The van der Waals surface area contributed by atoms with Gasteiger partial charge in [-0.15, -0.1) is 11.3 Å². The summed E-state index contributed by atoms with van der Waals surface area (Å²) >= 11 is 0.846. The van der Waals surface area contributed by atoms with Crippen molar-refractivity contribution in [3.05, 3.63) is 35.4 Å². The third-order valence-electron chi connectivity index (χ3n) is 2.46. The van der Waals surface area contributed by atoms with Crippen molar-refractivity contribution in [2.45, 2.75) is 17.2 Å². The molecule has 0 amide bonds. The van der Waals surface area contributed by atoms with E-state index in [9.17, 15) is 13.2 Å². The summed E-state index contributed by atoms with van der Waals surface area (Å²) < 4.78 is 36.4. The Hall–Kier alpha value is -1.71. The molecule has 2 heterocycles. The van der Waals surface area contributed by atoms with Gasteiger partial charge >= 0.3 is 5.97 Å². The van der Waals surface area contributed by atoms with Crippen molar-refractivity contribution in [1.82, 2.24) is 9.71 Å². The van der Waals surface area contributed by atoms with Crippen molar-refractivity contribution in [2.75, 3.05) is 7.11 Å². The minimum atomic E-state index is -3.88. The lowest BCUT2D eigenvalue weighted by Crippen LogP contribution is -2.27. The van der Waals surface area contributed by atoms with Crippen LogP contribution >= 0.6 is 11.3 Å². The molecule has 2 aromatic rings. The highest BCUT2D eigenvalue weighted by Crippen LogP contribution is 2.23. The van der Waals surface area contributed by atoms with E-state index in [1.807, 2.05) is 0 Å². The van der Waals surface area contributed by atoms with E-state index < -0.39 is 22.0 Å². The molecule has 0 bridgehead atoms. The molecule has 1 atom stereocenters. The van der Waals surface area contributed by atoms with Gasteiger partial charge in [0.15, 0.2) is 9.90 Å². The average Bonchev–Trinajstić information content (AvgIpc) is 3.08. The van der Waals surface area contributed by atoms with Crippen LogP contribution in [-0.2, 0) is 14.8 Å². The van der Waals surface area contributed by atoms with Gasteiger partial charge in [0, 0.05) is 0 Å². The van der Waals surface area contributed by atoms with Gasteiger partial charge in [-0.2, -0.15) is 4.72 Å². The molecule has 9 heteroatoms.